The van der Waals surface area contributed by atoms with Crippen molar-refractivity contribution in [3.05, 3.63) is 51.3 Å². The van der Waals surface area contributed by atoms with Gasteiger partial charge in [0.05, 0.1) is 5.57 Å². The van der Waals surface area contributed by atoms with Crippen molar-refractivity contribution in [1.29, 1.82) is 0 Å². The summed E-state index contributed by atoms with van der Waals surface area (Å²) in [5.74, 6) is -0.0851. The third kappa shape index (κ3) is 3.65. The molecule has 2 aromatic rings. The average Bonchev–Trinajstić information content (AvgIpc) is 2.98. The smallest absolute Gasteiger partial charge is 0.256 e. The van der Waals surface area contributed by atoms with Gasteiger partial charge in [0.15, 0.2) is 0 Å². The maximum Gasteiger partial charge on any atom is 0.256 e. The van der Waals surface area contributed by atoms with Crippen molar-refractivity contribution in [2.75, 3.05) is 26.0 Å². The molecule has 2 heterocycles. The van der Waals surface area contributed by atoms with Gasteiger partial charge in [-0.3, -0.25) is 4.79 Å². The van der Waals surface area contributed by atoms with Crippen LogP contribution in [0.3, 0.4) is 0 Å². The van der Waals surface area contributed by atoms with Gasteiger partial charge in [-0.15, -0.1) is 0 Å². The van der Waals surface area contributed by atoms with Crippen LogP contribution < -0.4 is 5.32 Å². The van der Waals surface area contributed by atoms with Gasteiger partial charge < -0.3 is 15.2 Å². The van der Waals surface area contributed by atoms with Crippen molar-refractivity contribution in [2.45, 2.75) is 26.7 Å². The first-order chi connectivity index (χ1) is 11.9. The highest BCUT2D eigenvalue weighted by atomic mass is 35.5. The second-order valence-electron chi connectivity index (χ2n) is 6.88. The average molecular weight is 358 g/mol. The Morgan fingerprint density at radius 1 is 1.24 bits per heavy atom. The number of benzene rings is 1. The van der Waals surface area contributed by atoms with E-state index in [4.69, 9.17) is 11.6 Å². The van der Waals surface area contributed by atoms with E-state index < -0.39 is 0 Å². The van der Waals surface area contributed by atoms with Crippen LogP contribution in [0.5, 0.6) is 0 Å². The van der Waals surface area contributed by atoms with Crippen molar-refractivity contribution < 1.29 is 4.79 Å². The van der Waals surface area contributed by atoms with E-state index in [2.05, 4.69) is 43.1 Å². The Hall–Kier alpha value is -2.04. The van der Waals surface area contributed by atoms with Crippen molar-refractivity contribution in [3.63, 3.8) is 0 Å². The molecule has 0 aliphatic carbocycles. The van der Waals surface area contributed by atoms with Crippen molar-refractivity contribution in [3.8, 4) is 0 Å². The molecule has 0 saturated heterocycles. The Morgan fingerprint density at radius 2 is 2.00 bits per heavy atom. The van der Waals surface area contributed by atoms with Crippen LogP contribution in [-0.2, 0) is 11.2 Å². The molecular formula is C20H24ClN3O. The topological polar surface area (TPSA) is 48.1 Å². The predicted octanol–water partition coefficient (Wildman–Crippen LogP) is 4.27. The van der Waals surface area contributed by atoms with Gasteiger partial charge in [0, 0.05) is 27.7 Å². The molecule has 25 heavy (non-hydrogen) atoms. The van der Waals surface area contributed by atoms with E-state index in [-0.39, 0.29) is 5.91 Å². The molecule has 0 bridgehead atoms. The molecule has 0 unspecified atom stereocenters. The maximum atomic E-state index is 12.4. The molecule has 0 radical (unpaired) electrons. The Labute approximate surface area is 153 Å². The lowest BCUT2D eigenvalue weighted by Gasteiger charge is -2.09. The standard InChI is InChI=1S/C20H24ClN3O/c1-12-15(6-5-9-24(3)4)13(2)22-19(12)11-17-16-10-14(21)7-8-18(16)23-20(17)25/h7-8,10-11,22H,5-6,9H2,1-4H3,(H,23,25). The Morgan fingerprint density at radius 3 is 2.72 bits per heavy atom. The largest absolute Gasteiger partial charge is 0.359 e. The molecule has 5 heteroatoms. The van der Waals surface area contributed by atoms with E-state index in [0.29, 0.717) is 10.6 Å². The molecule has 0 saturated carbocycles. The zero-order valence-corrected chi connectivity index (χ0v) is 15.9. The molecule has 0 atom stereocenters. The Bertz CT molecular complexity index is 849. The number of anilines is 1. The summed E-state index contributed by atoms with van der Waals surface area (Å²) in [6.07, 6.45) is 4.08. The van der Waals surface area contributed by atoms with Crippen LogP contribution in [0.15, 0.2) is 18.2 Å². The summed E-state index contributed by atoms with van der Waals surface area (Å²) in [5.41, 5.74) is 7.06. The number of amides is 1. The number of aromatic nitrogens is 1. The molecule has 0 fully saturated rings. The second kappa shape index (κ2) is 7.06. The lowest BCUT2D eigenvalue weighted by atomic mass is 10.0. The van der Waals surface area contributed by atoms with E-state index in [1.54, 1.807) is 6.07 Å². The lowest BCUT2D eigenvalue weighted by molar-refractivity contribution is -0.110. The third-order valence-corrected chi connectivity index (χ3v) is 4.95. The number of fused-ring (bicyclic) bond motifs is 1. The highest BCUT2D eigenvalue weighted by Crippen LogP contribution is 2.35. The van der Waals surface area contributed by atoms with Gasteiger partial charge in [-0.2, -0.15) is 0 Å². The monoisotopic (exact) mass is 357 g/mol. The molecule has 2 N–H and O–H groups in total. The molecule has 1 aliphatic rings. The van der Waals surface area contributed by atoms with Crippen LogP contribution in [0.2, 0.25) is 5.02 Å². The maximum absolute atomic E-state index is 12.4. The summed E-state index contributed by atoms with van der Waals surface area (Å²) >= 11 is 6.10. The zero-order chi connectivity index (χ0) is 18.1. The number of nitrogens with one attached hydrogen (secondary N) is 2. The fraction of sp³-hybridized carbons (Fsp3) is 0.350. The van der Waals surface area contributed by atoms with Crippen LogP contribution in [0, 0.1) is 13.8 Å². The van der Waals surface area contributed by atoms with Crippen molar-refractivity contribution in [1.82, 2.24) is 9.88 Å². The van der Waals surface area contributed by atoms with E-state index >= 15 is 0 Å². The van der Waals surface area contributed by atoms with Crippen LogP contribution in [0.25, 0.3) is 11.6 Å². The van der Waals surface area contributed by atoms with Gasteiger partial charge in [-0.05, 0) is 82.7 Å². The lowest BCUT2D eigenvalue weighted by Crippen LogP contribution is -2.13. The van der Waals surface area contributed by atoms with Crippen molar-refractivity contribution >= 4 is 34.8 Å². The van der Waals surface area contributed by atoms with Crippen LogP contribution in [-0.4, -0.2) is 36.4 Å². The highest BCUT2D eigenvalue weighted by Gasteiger charge is 2.25. The minimum absolute atomic E-state index is 0.0851. The summed E-state index contributed by atoms with van der Waals surface area (Å²) in [4.78, 5) is 18.0. The summed E-state index contributed by atoms with van der Waals surface area (Å²) in [7, 11) is 4.18. The molecule has 132 valence electrons. The van der Waals surface area contributed by atoms with E-state index in [9.17, 15) is 4.79 Å². The normalized spacial score (nSPS) is 15.1. The summed E-state index contributed by atoms with van der Waals surface area (Å²) in [5, 5.41) is 3.53. The molecule has 1 aromatic heterocycles. The number of carbonyl (C=O) groups is 1. The first-order valence-electron chi connectivity index (χ1n) is 8.52. The molecule has 1 aliphatic heterocycles. The summed E-state index contributed by atoms with van der Waals surface area (Å²) < 4.78 is 0. The number of aromatic amines is 1. The molecule has 4 nitrogen and oxygen atoms in total. The number of H-pyrrole nitrogens is 1. The van der Waals surface area contributed by atoms with Crippen LogP contribution in [0.4, 0.5) is 5.69 Å². The number of nitrogens with zero attached hydrogens (tertiary/aromatic N) is 1. The number of hydrogen-bond acceptors (Lipinski definition) is 2. The van der Waals surface area contributed by atoms with Gasteiger partial charge in [0.2, 0.25) is 0 Å². The number of rotatable bonds is 5. The zero-order valence-electron chi connectivity index (χ0n) is 15.2. The first-order valence-corrected chi connectivity index (χ1v) is 8.90. The van der Waals surface area contributed by atoms with E-state index in [0.717, 1.165) is 36.3 Å². The summed E-state index contributed by atoms with van der Waals surface area (Å²) in [6.45, 7) is 5.28. The van der Waals surface area contributed by atoms with Gasteiger partial charge in [-0.25, -0.2) is 0 Å². The quantitative estimate of drug-likeness (QED) is 0.785. The van der Waals surface area contributed by atoms with Crippen LogP contribution in [0.1, 0.15) is 34.5 Å². The van der Waals surface area contributed by atoms with Crippen molar-refractivity contribution in [2.24, 2.45) is 0 Å². The fourth-order valence-electron chi connectivity index (χ4n) is 3.35. The number of aryl methyl sites for hydroxylation is 1. The molecule has 1 aromatic carbocycles. The number of halogens is 1. The molecule has 0 spiro atoms. The molecular weight excluding hydrogens is 334 g/mol. The first kappa shape index (κ1) is 17.8. The second-order valence-corrected chi connectivity index (χ2v) is 7.31. The highest BCUT2D eigenvalue weighted by molar-refractivity contribution is 6.36. The number of hydrogen-bond donors (Lipinski definition) is 2. The van der Waals surface area contributed by atoms with Crippen LogP contribution >= 0.6 is 11.6 Å². The van der Waals surface area contributed by atoms with E-state index in [1.807, 2.05) is 18.2 Å². The molecule has 3 rings (SSSR count). The summed E-state index contributed by atoms with van der Waals surface area (Å²) in [6, 6.07) is 5.47. The van der Waals surface area contributed by atoms with Gasteiger partial charge in [0.25, 0.3) is 5.91 Å². The van der Waals surface area contributed by atoms with Gasteiger partial charge >= 0.3 is 0 Å². The van der Waals surface area contributed by atoms with Gasteiger partial charge in [-0.1, -0.05) is 11.6 Å². The van der Waals surface area contributed by atoms with Gasteiger partial charge in [0.1, 0.15) is 0 Å². The Kier molecular flexibility index (Phi) is 5.02. The van der Waals surface area contributed by atoms with E-state index in [1.165, 1.54) is 16.8 Å². The molecule has 1 amide bonds. The minimum Gasteiger partial charge on any atom is -0.359 e. The SMILES string of the molecule is Cc1[nH]c(C=C2C(=O)Nc3ccc(Cl)cc32)c(C)c1CCCN(C)C. The predicted molar refractivity (Wildman–Crippen MR) is 105 cm³/mol. The minimum atomic E-state index is -0.0851. The Balaban J connectivity index is 1.92. The number of carbonyl (C=O) groups excluding carboxylic acids is 1. The third-order valence-electron chi connectivity index (χ3n) is 4.72. The fourth-order valence-corrected chi connectivity index (χ4v) is 3.53.